The first-order chi connectivity index (χ1) is 7.03. The number of hydrogen-bond acceptors (Lipinski definition) is 1. The molecular formula is C13H19ClO. The highest BCUT2D eigenvalue weighted by atomic mass is 35.5. The third-order valence-electron chi connectivity index (χ3n) is 2.57. The number of rotatable bonds is 5. The third-order valence-corrected chi connectivity index (χ3v) is 2.82. The van der Waals surface area contributed by atoms with Gasteiger partial charge in [-0.3, -0.25) is 0 Å². The Kier molecular flexibility index (Phi) is 4.62. The van der Waals surface area contributed by atoms with Crippen LogP contribution in [0.2, 0.25) is 5.02 Å². The first-order valence-electron chi connectivity index (χ1n) is 5.50. The fourth-order valence-electron chi connectivity index (χ4n) is 1.69. The zero-order valence-corrected chi connectivity index (χ0v) is 10.2. The van der Waals surface area contributed by atoms with Crippen LogP contribution < -0.4 is 0 Å². The quantitative estimate of drug-likeness (QED) is 0.809. The van der Waals surface area contributed by atoms with Crippen molar-refractivity contribution in [3.05, 3.63) is 34.9 Å². The molecule has 1 unspecified atom stereocenters. The summed E-state index contributed by atoms with van der Waals surface area (Å²) in [5, 5.41) is 10.9. The molecule has 1 rings (SSSR count). The maximum absolute atomic E-state index is 10.1. The summed E-state index contributed by atoms with van der Waals surface area (Å²) in [5.41, 5.74) is 0.546. The second kappa shape index (κ2) is 5.53. The van der Waals surface area contributed by atoms with Crippen molar-refractivity contribution in [2.45, 2.75) is 45.1 Å². The van der Waals surface area contributed by atoms with E-state index in [0.717, 1.165) is 29.8 Å². The number of aliphatic hydroxyl groups is 1. The summed E-state index contributed by atoms with van der Waals surface area (Å²) in [7, 11) is 0. The molecule has 0 fully saturated rings. The van der Waals surface area contributed by atoms with Crippen molar-refractivity contribution in [1.82, 2.24) is 0 Å². The zero-order chi connectivity index (χ0) is 11.3. The van der Waals surface area contributed by atoms with Crippen LogP contribution in [0, 0.1) is 0 Å². The van der Waals surface area contributed by atoms with Crippen molar-refractivity contribution in [3.63, 3.8) is 0 Å². The summed E-state index contributed by atoms with van der Waals surface area (Å²) in [6, 6.07) is 7.69. The first kappa shape index (κ1) is 12.5. The normalized spacial score (nSPS) is 14.9. The summed E-state index contributed by atoms with van der Waals surface area (Å²) in [6.45, 7) is 4.04. The van der Waals surface area contributed by atoms with Gasteiger partial charge < -0.3 is 5.11 Å². The predicted molar refractivity (Wildman–Crippen MR) is 65.3 cm³/mol. The van der Waals surface area contributed by atoms with E-state index in [2.05, 4.69) is 6.92 Å². The Morgan fingerprint density at radius 2 is 1.87 bits per heavy atom. The van der Waals surface area contributed by atoms with Crippen LogP contribution >= 0.6 is 11.6 Å². The molecule has 84 valence electrons. The minimum Gasteiger partial charge on any atom is -0.390 e. The van der Waals surface area contributed by atoms with Crippen LogP contribution in [-0.4, -0.2) is 10.7 Å². The number of halogens is 1. The molecule has 0 aliphatic rings. The van der Waals surface area contributed by atoms with Gasteiger partial charge in [0.15, 0.2) is 0 Å². The molecule has 1 aromatic rings. The molecule has 1 atom stereocenters. The van der Waals surface area contributed by atoms with Gasteiger partial charge in [0, 0.05) is 11.4 Å². The SMILES string of the molecule is CCCCC(C)(O)Cc1ccc(Cl)cc1. The van der Waals surface area contributed by atoms with Crippen LogP contribution in [0.1, 0.15) is 38.7 Å². The van der Waals surface area contributed by atoms with E-state index in [1.54, 1.807) is 0 Å². The molecule has 0 aromatic heterocycles. The van der Waals surface area contributed by atoms with Gasteiger partial charge in [0.05, 0.1) is 5.60 Å². The molecular weight excluding hydrogens is 208 g/mol. The van der Waals surface area contributed by atoms with E-state index in [9.17, 15) is 5.11 Å². The smallest absolute Gasteiger partial charge is 0.0660 e. The summed E-state index contributed by atoms with van der Waals surface area (Å²) < 4.78 is 0. The third kappa shape index (κ3) is 4.67. The molecule has 0 saturated carbocycles. The van der Waals surface area contributed by atoms with E-state index < -0.39 is 5.60 Å². The zero-order valence-electron chi connectivity index (χ0n) is 9.46. The summed E-state index contributed by atoms with van der Waals surface area (Å²) in [5.74, 6) is 0. The summed E-state index contributed by atoms with van der Waals surface area (Å²) >= 11 is 5.80. The van der Waals surface area contributed by atoms with Crippen LogP contribution in [-0.2, 0) is 6.42 Å². The molecule has 0 aliphatic carbocycles. The van der Waals surface area contributed by atoms with Gasteiger partial charge >= 0.3 is 0 Å². The topological polar surface area (TPSA) is 20.2 Å². The predicted octanol–water partition coefficient (Wildman–Crippen LogP) is 3.82. The lowest BCUT2D eigenvalue weighted by molar-refractivity contribution is 0.0490. The van der Waals surface area contributed by atoms with Crippen LogP contribution in [0.25, 0.3) is 0 Å². The Hall–Kier alpha value is -0.530. The van der Waals surface area contributed by atoms with Crippen LogP contribution in [0.5, 0.6) is 0 Å². The largest absolute Gasteiger partial charge is 0.390 e. The van der Waals surface area contributed by atoms with Gasteiger partial charge in [-0.15, -0.1) is 0 Å². The summed E-state index contributed by atoms with van der Waals surface area (Å²) in [6.07, 6.45) is 3.74. The second-order valence-corrected chi connectivity index (χ2v) is 4.84. The molecule has 0 heterocycles. The molecule has 1 aromatic carbocycles. The molecule has 15 heavy (non-hydrogen) atoms. The Balaban J connectivity index is 2.56. The van der Waals surface area contributed by atoms with Crippen LogP contribution in [0.3, 0.4) is 0 Å². The minimum absolute atomic E-state index is 0.593. The van der Waals surface area contributed by atoms with Gasteiger partial charge in [-0.25, -0.2) is 0 Å². The first-order valence-corrected chi connectivity index (χ1v) is 5.88. The van der Waals surface area contributed by atoms with Crippen molar-refractivity contribution in [2.75, 3.05) is 0 Å². The Morgan fingerprint density at radius 3 is 2.40 bits per heavy atom. The fraction of sp³-hybridized carbons (Fsp3) is 0.538. The van der Waals surface area contributed by atoms with Crippen molar-refractivity contribution in [2.24, 2.45) is 0 Å². The van der Waals surface area contributed by atoms with E-state index >= 15 is 0 Å². The maximum atomic E-state index is 10.1. The van der Waals surface area contributed by atoms with Crippen molar-refractivity contribution in [1.29, 1.82) is 0 Å². The number of benzene rings is 1. The van der Waals surface area contributed by atoms with Gasteiger partial charge in [0.1, 0.15) is 0 Å². The number of hydrogen-bond donors (Lipinski definition) is 1. The Bertz CT molecular complexity index is 290. The molecule has 0 bridgehead atoms. The van der Waals surface area contributed by atoms with Gasteiger partial charge in [-0.1, -0.05) is 43.5 Å². The highest BCUT2D eigenvalue weighted by molar-refractivity contribution is 6.30. The lowest BCUT2D eigenvalue weighted by Gasteiger charge is -2.23. The molecule has 0 radical (unpaired) electrons. The molecule has 0 aliphatic heterocycles. The van der Waals surface area contributed by atoms with E-state index in [-0.39, 0.29) is 0 Å². The molecule has 2 heteroatoms. The van der Waals surface area contributed by atoms with E-state index in [0.29, 0.717) is 6.42 Å². The van der Waals surface area contributed by atoms with E-state index in [1.807, 2.05) is 31.2 Å². The van der Waals surface area contributed by atoms with E-state index in [4.69, 9.17) is 11.6 Å². The molecule has 1 nitrogen and oxygen atoms in total. The molecule has 0 amide bonds. The lowest BCUT2D eigenvalue weighted by atomic mass is 9.91. The lowest BCUT2D eigenvalue weighted by Crippen LogP contribution is -2.26. The van der Waals surface area contributed by atoms with Crippen LogP contribution in [0.15, 0.2) is 24.3 Å². The molecule has 0 saturated heterocycles. The Labute approximate surface area is 97.1 Å². The average molecular weight is 227 g/mol. The average Bonchev–Trinajstić information content (AvgIpc) is 2.18. The highest BCUT2D eigenvalue weighted by Gasteiger charge is 2.19. The Morgan fingerprint density at radius 1 is 1.27 bits per heavy atom. The summed E-state index contributed by atoms with van der Waals surface area (Å²) in [4.78, 5) is 0. The minimum atomic E-state index is -0.593. The standard InChI is InChI=1S/C13H19ClO/c1-3-4-9-13(2,15)10-11-5-7-12(14)8-6-11/h5-8,15H,3-4,9-10H2,1-2H3. The fourth-order valence-corrected chi connectivity index (χ4v) is 1.81. The monoisotopic (exact) mass is 226 g/mol. The van der Waals surface area contributed by atoms with Gasteiger partial charge in [-0.05, 0) is 31.0 Å². The highest BCUT2D eigenvalue weighted by Crippen LogP contribution is 2.20. The van der Waals surface area contributed by atoms with Gasteiger partial charge in [0.25, 0.3) is 0 Å². The van der Waals surface area contributed by atoms with Crippen molar-refractivity contribution in [3.8, 4) is 0 Å². The van der Waals surface area contributed by atoms with E-state index in [1.165, 1.54) is 0 Å². The number of unbranched alkanes of at least 4 members (excludes halogenated alkanes) is 1. The molecule has 1 N–H and O–H groups in total. The molecule has 0 spiro atoms. The van der Waals surface area contributed by atoms with Crippen molar-refractivity contribution >= 4 is 11.6 Å². The van der Waals surface area contributed by atoms with Crippen molar-refractivity contribution < 1.29 is 5.11 Å². The second-order valence-electron chi connectivity index (χ2n) is 4.40. The van der Waals surface area contributed by atoms with Gasteiger partial charge in [-0.2, -0.15) is 0 Å². The maximum Gasteiger partial charge on any atom is 0.0660 e. The van der Waals surface area contributed by atoms with Gasteiger partial charge in [0.2, 0.25) is 0 Å². The van der Waals surface area contributed by atoms with Crippen LogP contribution in [0.4, 0.5) is 0 Å².